The Kier molecular flexibility index (Phi) is 5.17. The zero-order valence-corrected chi connectivity index (χ0v) is 11.6. The predicted molar refractivity (Wildman–Crippen MR) is 76.7 cm³/mol. The molecule has 1 aromatic rings. The van der Waals surface area contributed by atoms with Crippen LogP contribution in [-0.4, -0.2) is 56.1 Å². The smallest absolute Gasteiger partial charge is 0.0230 e. The van der Waals surface area contributed by atoms with Crippen molar-refractivity contribution in [3.8, 4) is 0 Å². The van der Waals surface area contributed by atoms with Crippen molar-refractivity contribution >= 4 is 0 Å². The number of nitrogens with zero attached hydrogens (tertiary/aromatic N) is 2. The lowest BCUT2D eigenvalue weighted by Gasteiger charge is -2.34. The molecule has 3 heteroatoms. The molecule has 1 fully saturated rings. The highest BCUT2D eigenvalue weighted by molar-refractivity contribution is 5.14. The van der Waals surface area contributed by atoms with Crippen LogP contribution in [0.5, 0.6) is 0 Å². The summed E-state index contributed by atoms with van der Waals surface area (Å²) in [6.45, 7) is 5.64. The molecule has 0 aromatic heterocycles. The summed E-state index contributed by atoms with van der Waals surface area (Å²) in [5, 5.41) is 3.48. The van der Waals surface area contributed by atoms with E-state index < -0.39 is 0 Å². The first-order valence-corrected chi connectivity index (χ1v) is 6.89. The highest BCUT2D eigenvalue weighted by Crippen LogP contribution is 2.08. The van der Waals surface area contributed by atoms with Gasteiger partial charge < -0.3 is 15.1 Å². The lowest BCUT2D eigenvalue weighted by Crippen LogP contribution is -2.50. The van der Waals surface area contributed by atoms with Crippen molar-refractivity contribution in [1.82, 2.24) is 15.1 Å². The maximum Gasteiger partial charge on any atom is 0.0230 e. The Balaban J connectivity index is 1.72. The summed E-state index contributed by atoms with van der Waals surface area (Å²) in [4.78, 5) is 4.89. The van der Waals surface area contributed by atoms with E-state index >= 15 is 0 Å². The summed E-state index contributed by atoms with van der Waals surface area (Å²) >= 11 is 0. The molecule has 1 aliphatic rings. The Hall–Kier alpha value is -0.900. The molecule has 2 rings (SSSR count). The third kappa shape index (κ3) is 4.09. The maximum atomic E-state index is 3.48. The molecule has 18 heavy (non-hydrogen) atoms. The van der Waals surface area contributed by atoms with Gasteiger partial charge in [-0.3, -0.25) is 0 Å². The fourth-order valence-corrected chi connectivity index (χ4v) is 2.53. The molecule has 0 bridgehead atoms. The van der Waals surface area contributed by atoms with Crippen LogP contribution in [0.4, 0.5) is 0 Å². The van der Waals surface area contributed by atoms with E-state index in [0.29, 0.717) is 6.04 Å². The average molecular weight is 247 g/mol. The number of rotatable bonds is 5. The number of benzene rings is 1. The molecule has 0 amide bonds. The van der Waals surface area contributed by atoms with Crippen LogP contribution in [0.3, 0.4) is 0 Å². The number of nitrogens with one attached hydrogen (secondary N) is 1. The second-order valence-corrected chi connectivity index (χ2v) is 5.35. The van der Waals surface area contributed by atoms with E-state index in [0.717, 1.165) is 26.2 Å². The van der Waals surface area contributed by atoms with Crippen molar-refractivity contribution in [3.63, 3.8) is 0 Å². The quantitative estimate of drug-likeness (QED) is 0.849. The van der Waals surface area contributed by atoms with E-state index in [-0.39, 0.29) is 0 Å². The van der Waals surface area contributed by atoms with Gasteiger partial charge in [-0.15, -0.1) is 0 Å². The van der Waals surface area contributed by atoms with Gasteiger partial charge in [0.05, 0.1) is 0 Å². The summed E-state index contributed by atoms with van der Waals surface area (Å²) in [6.07, 6.45) is 1.24. The topological polar surface area (TPSA) is 18.5 Å². The molecule has 1 aromatic carbocycles. The van der Waals surface area contributed by atoms with E-state index in [4.69, 9.17) is 0 Å². The zero-order chi connectivity index (χ0) is 12.8. The standard InChI is InChI=1S/C15H25N3/c1-17(13-14-6-4-3-5-7-14)10-8-15-12-16-9-11-18(15)2/h3-7,15-16H,8-13H2,1-2H3. The summed E-state index contributed by atoms with van der Waals surface area (Å²) in [7, 11) is 4.45. The van der Waals surface area contributed by atoms with Crippen LogP contribution in [0, 0.1) is 0 Å². The molecule has 1 atom stereocenters. The van der Waals surface area contributed by atoms with Gasteiger partial charge in [-0.2, -0.15) is 0 Å². The number of hydrogen-bond donors (Lipinski definition) is 1. The highest BCUT2D eigenvalue weighted by atomic mass is 15.2. The largest absolute Gasteiger partial charge is 0.314 e. The fraction of sp³-hybridized carbons (Fsp3) is 0.600. The minimum Gasteiger partial charge on any atom is -0.314 e. The molecule has 3 nitrogen and oxygen atoms in total. The van der Waals surface area contributed by atoms with Crippen molar-refractivity contribution in [2.75, 3.05) is 40.3 Å². The SMILES string of the molecule is CN(CCC1CNCCN1C)Cc1ccccc1. The van der Waals surface area contributed by atoms with Crippen LogP contribution >= 0.6 is 0 Å². The summed E-state index contributed by atoms with van der Waals surface area (Å²) in [6, 6.07) is 11.4. The molecular formula is C15H25N3. The third-order valence-electron chi connectivity index (χ3n) is 3.78. The van der Waals surface area contributed by atoms with Crippen molar-refractivity contribution < 1.29 is 0 Å². The van der Waals surface area contributed by atoms with Crippen LogP contribution in [-0.2, 0) is 6.54 Å². The Morgan fingerprint density at radius 2 is 2.11 bits per heavy atom. The van der Waals surface area contributed by atoms with Crippen molar-refractivity contribution in [2.24, 2.45) is 0 Å². The van der Waals surface area contributed by atoms with Gasteiger partial charge in [-0.25, -0.2) is 0 Å². The Labute approximate surface area is 111 Å². The number of hydrogen-bond acceptors (Lipinski definition) is 3. The van der Waals surface area contributed by atoms with Crippen LogP contribution in [0.2, 0.25) is 0 Å². The summed E-state index contributed by atoms with van der Waals surface area (Å²) < 4.78 is 0. The second-order valence-electron chi connectivity index (χ2n) is 5.35. The van der Waals surface area contributed by atoms with Gasteiger partial charge in [0.15, 0.2) is 0 Å². The van der Waals surface area contributed by atoms with Gasteiger partial charge in [0, 0.05) is 32.2 Å². The van der Waals surface area contributed by atoms with E-state index in [9.17, 15) is 0 Å². The highest BCUT2D eigenvalue weighted by Gasteiger charge is 2.18. The first-order valence-electron chi connectivity index (χ1n) is 6.89. The van der Waals surface area contributed by atoms with Gasteiger partial charge in [-0.1, -0.05) is 30.3 Å². The normalized spacial score (nSPS) is 21.4. The van der Waals surface area contributed by atoms with Crippen LogP contribution in [0.1, 0.15) is 12.0 Å². The van der Waals surface area contributed by atoms with E-state index in [1.807, 2.05) is 0 Å². The van der Waals surface area contributed by atoms with Crippen molar-refractivity contribution in [3.05, 3.63) is 35.9 Å². The lowest BCUT2D eigenvalue weighted by atomic mass is 10.1. The van der Waals surface area contributed by atoms with Gasteiger partial charge >= 0.3 is 0 Å². The molecule has 100 valence electrons. The van der Waals surface area contributed by atoms with Crippen molar-refractivity contribution in [1.29, 1.82) is 0 Å². The van der Waals surface area contributed by atoms with E-state index in [2.05, 4.69) is 59.5 Å². The Morgan fingerprint density at radius 3 is 2.83 bits per heavy atom. The van der Waals surface area contributed by atoms with Gasteiger partial charge in [-0.05, 0) is 32.6 Å². The molecule has 0 spiro atoms. The summed E-state index contributed by atoms with van der Waals surface area (Å²) in [5.74, 6) is 0. The predicted octanol–water partition coefficient (Wildman–Crippen LogP) is 1.41. The van der Waals surface area contributed by atoms with Crippen LogP contribution < -0.4 is 5.32 Å². The first-order chi connectivity index (χ1) is 8.75. The zero-order valence-electron chi connectivity index (χ0n) is 11.6. The Morgan fingerprint density at radius 1 is 1.33 bits per heavy atom. The van der Waals surface area contributed by atoms with Crippen molar-refractivity contribution in [2.45, 2.75) is 19.0 Å². The van der Waals surface area contributed by atoms with E-state index in [1.54, 1.807) is 0 Å². The second kappa shape index (κ2) is 6.88. The van der Waals surface area contributed by atoms with E-state index in [1.165, 1.54) is 18.5 Å². The molecule has 0 aliphatic carbocycles. The number of piperazine rings is 1. The molecule has 1 saturated heterocycles. The minimum atomic E-state index is 0.692. The molecule has 1 heterocycles. The molecular weight excluding hydrogens is 222 g/mol. The average Bonchev–Trinajstić information content (AvgIpc) is 2.39. The molecule has 1 unspecified atom stereocenters. The lowest BCUT2D eigenvalue weighted by molar-refractivity contribution is 0.171. The third-order valence-corrected chi connectivity index (χ3v) is 3.78. The van der Waals surface area contributed by atoms with Crippen LogP contribution in [0.15, 0.2) is 30.3 Å². The molecule has 0 saturated carbocycles. The Bertz CT molecular complexity index is 339. The number of likely N-dealkylation sites (N-methyl/N-ethyl adjacent to an activating group) is 1. The van der Waals surface area contributed by atoms with Crippen LogP contribution in [0.25, 0.3) is 0 Å². The minimum absolute atomic E-state index is 0.692. The molecule has 1 aliphatic heterocycles. The van der Waals surface area contributed by atoms with Gasteiger partial charge in [0.2, 0.25) is 0 Å². The van der Waals surface area contributed by atoms with Gasteiger partial charge in [0.25, 0.3) is 0 Å². The fourth-order valence-electron chi connectivity index (χ4n) is 2.53. The monoisotopic (exact) mass is 247 g/mol. The summed E-state index contributed by atoms with van der Waals surface area (Å²) in [5.41, 5.74) is 1.40. The molecule has 0 radical (unpaired) electrons. The molecule has 1 N–H and O–H groups in total. The maximum absolute atomic E-state index is 3.48. The van der Waals surface area contributed by atoms with Gasteiger partial charge in [0.1, 0.15) is 0 Å². The first kappa shape index (κ1) is 13.5.